The topological polar surface area (TPSA) is 78.1 Å². The van der Waals surface area contributed by atoms with Gasteiger partial charge in [0, 0.05) is 37.6 Å². The normalized spacial score (nSPS) is 14.3. The van der Waals surface area contributed by atoms with Crippen molar-refractivity contribution >= 4 is 15.7 Å². The van der Waals surface area contributed by atoms with Gasteiger partial charge in [0.1, 0.15) is 0 Å². The molecule has 2 heterocycles. The van der Waals surface area contributed by atoms with Gasteiger partial charge in [0.2, 0.25) is 10.0 Å². The monoisotopic (exact) mass is 292 g/mol. The first-order valence-electron chi connectivity index (χ1n) is 6.38. The van der Waals surface area contributed by atoms with E-state index >= 15 is 0 Å². The summed E-state index contributed by atoms with van der Waals surface area (Å²) >= 11 is 0. The molecule has 0 spiro atoms. The van der Waals surface area contributed by atoms with E-state index in [0.29, 0.717) is 11.4 Å². The number of rotatable bonds is 4. The molecule has 0 fully saturated rings. The number of anilines is 1. The second-order valence-electron chi connectivity index (χ2n) is 4.86. The lowest BCUT2D eigenvalue weighted by Gasteiger charge is -2.17. The average Bonchev–Trinajstić information content (AvgIpc) is 3.07. The van der Waals surface area contributed by atoms with Crippen LogP contribution in [-0.2, 0) is 23.0 Å². The summed E-state index contributed by atoms with van der Waals surface area (Å²) in [7, 11) is -1.91. The van der Waals surface area contributed by atoms with Crippen molar-refractivity contribution < 1.29 is 8.42 Å². The number of hydrogen-bond donors (Lipinski definition) is 2. The number of nitrogens with one attached hydrogen (secondary N) is 2. The number of hydrogen-bond acceptors (Lipinski definition) is 4. The highest BCUT2D eigenvalue weighted by molar-refractivity contribution is 7.89. The fraction of sp³-hybridized carbons (Fsp3) is 0.308. The molecule has 0 bridgehead atoms. The third kappa shape index (κ3) is 2.30. The molecule has 6 nitrogen and oxygen atoms in total. The lowest BCUT2D eigenvalue weighted by atomic mass is 10.2. The number of aromatic amines is 1. The number of aromatic nitrogens is 2. The van der Waals surface area contributed by atoms with Gasteiger partial charge in [-0.15, -0.1) is 0 Å². The molecule has 0 amide bonds. The summed E-state index contributed by atoms with van der Waals surface area (Å²) in [5.74, 6) is 0. The standard InChI is InChI=1S/C13H16N4O2S/c1-17(9-10-7-15-16-8-10)20(18,19)12-3-2-11-4-5-14-13(11)6-12/h2-3,6-8,14H,4-5,9H2,1H3,(H,15,16). The number of H-pyrrole nitrogens is 1. The van der Waals surface area contributed by atoms with Gasteiger partial charge in [0.15, 0.2) is 0 Å². The van der Waals surface area contributed by atoms with E-state index in [1.807, 2.05) is 6.07 Å². The largest absolute Gasteiger partial charge is 0.384 e. The van der Waals surface area contributed by atoms with E-state index in [9.17, 15) is 8.42 Å². The van der Waals surface area contributed by atoms with Gasteiger partial charge in [-0.05, 0) is 24.1 Å². The molecule has 106 valence electrons. The Labute approximate surface area is 117 Å². The van der Waals surface area contributed by atoms with Gasteiger partial charge in [0.25, 0.3) is 0 Å². The third-order valence-electron chi connectivity index (χ3n) is 3.46. The molecule has 1 aliphatic heterocycles. The molecule has 20 heavy (non-hydrogen) atoms. The molecular weight excluding hydrogens is 276 g/mol. The highest BCUT2D eigenvalue weighted by Gasteiger charge is 2.23. The van der Waals surface area contributed by atoms with Crippen LogP contribution in [0.5, 0.6) is 0 Å². The summed E-state index contributed by atoms with van der Waals surface area (Å²) in [6, 6.07) is 5.27. The molecule has 0 unspecified atom stereocenters. The Morgan fingerprint density at radius 2 is 2.25 bits per heavy atom. The van der Waals surface area contributed by atoms with E-state index < -0.39 is 10.0 Å². The molecule has 0 saturated heterocycles. The Bertz CT molecular complexity index is 710. The first-order valence-corrected chi connectivity index (χ1v) is 7.82. The number of sulfonamides is 1. The van der Waals surface area contributed by atoms with E-state index in [4.69, 9.17) is 0 Å². The zero-order valence-corrected chi connectivity index (χ0v) is 11.9. The Hall–Kier alpha value is -1.86. The molecular formula is C13H16N4O2S. The summed E-state index contributed by atoms with van der Waals surface area (Å²) in [6.07, 6.45) is 4.26. The predicted molar refractivity (Wildman–Crippen MR) is 75.9 cm³/mol. The predicted octanol–water partition coefficient (Wildman–Crippen LogP) is 1.20. The van der Waals surface area contributed by atoms with Crippen molar-refractivity contribution in [2.75, 3.05) is 18.9 Å². The van der Waals surface area contributed by atoms with Gasteiger partial charge in [-0.25, -0.2) is 8.42 Å². The molecule has 3 rings (SSSR count). The van der Waals surface area contributed by atoms with Crippen molar-refractivity contribution in [1.82, 2.24) is 14.5 Å². The van der Waals surface area contributed by atoms with Crippen LogP contribution >= 0.6 is 0 Å². The second kappa shape index (κ2) is 4.92. The van der Waals surface area contributed by atoms with Gasteiger partial charge < -0.3 is 5.32 Å². The maximum Gasteiger partial charge on any atom is 0.243 e. The molecule has 2 aromatic rings. The van der Waals surface area contributed by atoms with E-state index in [0.717, 1.165) is 24.2 Å². The van der Waals surface area contributed by atoms with Crippen molar-refractivity contribution in [3.05, 3.63) is 41.7 Å². The van der Waals surface area contributed by atoms with Gasteiger partial charge in [-0.2, -0.15) is 9.40 Å². The quantitative estimate of drug-likeness (QED) is 0.887. The van der Waals surface area contributed by atoms with Crippen LogP contribution in [0.3, 0.4) is 0 Å². The van der Waals surface area contributed by atoms with Crippen LogP contribution in [0.15, 0.2) is 35.5 Å². The first-order chi connectivity index (χ1) is 9.57. The minimum absolute atomic E-state index is 0.295. The molecule has 1 aromatic carbocycles. The summed E-state index contributed by atoms with van der Waals surface area (Å²) in [5.41, 5.74) is 2.92. The van der Waals surface area contributed by atoms with Crippen LogP contribution in [0, 0.1) is 0 Å². The summed E-state index contributed by atoms with van der Waals surface area (Å²) in [4.78, 5) is 0.316. The Kier molecular flexibility index (Phi) is 3.23. The van der Waals surface area contributed by atoms with Crippen LogP contribution in [0.2, 0.25) is 0 Å². The van der Waals surface area contributed by atoms with Crippen LogP contribution in [-0.4, -0.2) is 36.5 Å². The highest BCUT2D eigenvalue weighted by atomic mass is 32.2. The minimum atomic E-state index is -3.48. The van der Waals surface area contributed by atoms with Crippen LogP contribution in [0.25, 0.3) is 0 Å². The summed E-state index contributed by atoms with van der Waals surface area (Å²) < 4.78 is 26.4. The van der Waals surface area contributed by atoms with Gasteiger partial charge in [-0.1, -0.05) is 6.07 Å². The molecule has 0 radical (unpaired) electrons. The van der Waals surface area contributed by atoms with E-state index in [-0.39, 0.29) is 0 Å². The molecule has 0 aliphatic carbocycles. The zero-order chi connectivity index (χ0) is 14.2. The highest BCUT2D eigenvalue weighted by Crippen LogP contribution is 2.27. The summed E-state index contributed by atoms with van der Waals surface area (Å²) in [6.45, 7) is 1.16. The Balaban J connectivity index is 1.87. The fourth-order valence-electron chi connectivity index (χ4n) is 2.32. The van der Waals surface area contributed by atoms with Crippen LogP contribution < -0.4 is 5.32 Å². The van der Waals surface area contributed by atoms with Gasteiger partial charge in [-0.3, -0.25) is 5.10 Å². The number of fused-ring (bicyclic) bond motifs is 1. The van der Waals surface area contributed by atoms with E-state index in [2.05, 4.69) is 15.5 Å². The first kappa shape index (κ1) is 13.1. The van der Waals surface area contributed by atoms with Crippen LogP contribution in [0.4, 0.5) is 5.69 Å². The molecule has 0 saturated carbocycles. The number of benzene rings is 1. The Morgan fingerprint density at radius 1 is 1.40 bits per heavy atom. The van der Waals surface area contributed by atoms with Crippen molar-refractivity contribution in [2.45, 2.75) is 17.9 Å². The molecule has 1 aromatic heterocycles. The average molecular weight is 292 g/mol. The lowest BCUT2D eigenvalue weighted by molar-refractivity contribution is 0.467. The molecule has 1 aliphatic rings. The molecule has 2 N–H and O–H groups in total. The minimum Gasteiger partial charge on any atom is -0.384 e. The number of nitrogens with zero attached hydrogens (tertiary/aromatic N) is 2. The third-order valence-corrected chi connectivity index (χ3v) is 5.26. The van der Waals surface area contributed by atoms with Gasteiger partial charge in [0.05, 0.1) is 11.1 Å². The summed E-state index contributed by atoms with van der Waals surface area (Å²) in [5, 5.41) is 9.70. The lowest BCUT2D eigenvalue weighted by Crippen LogP contribution is -2.26. The van der Waals surface area contributed by atoms with Crippen molar-refractivity contribution in [3.8, 4) is 0 Å². The van der Waals surface area contributed by atoms with Gasteiger partial charge >= 0.3 is 0 Å². The van der Waals surface area contributed by atoms with Crippen molar-refractivity contribution in [3.63, 3.8) is 0 Å². The van der Waals surface area contributed by atoms with Crippen LogP contribution in [0.1, 0.15) is 11.1 Å². The Morgan fingerprint density at radius 3 is 3.00 bits per heavy atom. The second-order valence-corrected chi connectivity index (χ2v) is 6.91. The maximum absolute atomic E-state index is 12.5. The van der Waals surface area contributed by atoms with E-state index in [1.54, 1.807) is 31.6 Å². The van der Waals surface area contributed by atoms with Crippen molar-refractivity contribution in [2.24, 2.45) is 0 Å². The fourth-order valence-corrected chi connectivity index (χ4v) is 3.50. The molecule has 7 heteroatoms. The molecule has 0 atom stereocenters. The van der Waals surface area contributed by atoms with Crippen molar-refractivity contribution in [1.29, 1.82) is 0 Å². The van der Waals surface area contributed by atoms with E-state index in [1.165, 1.54) is 9.87 Å². The zero-order valence-electron chi connectivity index (χ0n) is 11.1. The smallest absolute Gasteiger partial charge is 0.243 e. The SMILES string of the molecule is CN(Cc1cn[nH]c1)S(=O)(=O)c1ccc2c(c1)NCC2. The maximum atomic E-state index is 12.5.